The van der Waals surface area contributed by atoms with Crippen molar-refractivity contribution in [1.82, 2.24) is 9.71 Å². The molecule has 1 aromatic heterocycles. The summed E-state index contributed by atoms with van der Waals surface area (Å²) >= 11 is 0. The van der Waals surface area contributed by atoms with Gasteiger partial charge in [0, 0.05) is 6.54 Å². The van der Waals surface area contributed by atoms with Crippen molar-refractivity contribution in [2.24, 2.45) is 0 Å². The maximum absolute atomic E-state index is 12.5. The highest BCUT2D eigenvalue weighted by Crippen LogP contribution is 2.24. The summed E-state index contributed by atoms with van der Waals surface area (Å²) in [7, 11) is -3.52. The van der Waals surface area contributed by atoms with Crippen molar-refractivity contribution in [3.05, 3.63) is 59.5 Å². The number of nitrogens with zero attached hydrogens (tertiary/aromatic N) is 1. The van der Waals surface area contributed by atoms with Crippen LogP contribution in [-0.4, -0.2) is 13.4 Å². The minimum atomic E-state index is -3.52. The van der Waals surface area contributed by atoms with E-state index < -0.39 is 10.0 Å². The van der Waals surface area contributed by atoms with Crippen LogP contribution in [0.2, 0.25) is 0 Å². The quantitative estimate of drug-likeness (QED) is 0.799. The second-order valence-electron chi connectivity index (χ2n) is 5.76. The molecule has 4 rings (SSSR count). The Hall–Kier alpha value is -2.18. The van der Waals surface area contributed by atoms with Gasteiger partial charge in [-0.3, -0.25) is 0 Å². The number of hydrogen-bond donors (Lipinski definition) is 1. The molecule has 2 aromatic carbocycles. The maximum Gasteiger partial charge on any atom is 0.240 e. The van der Waals surface area contributed by atoms with Crippen molar-refractivity contribution < 1.29 is 12.8 Å². The fourth-order valence-electron chi connectivity index (χ4n) is 2.99. The summed E-state index contributed by atoms with van der Waals surface area (Å²) in [5.41, 5.74) is 4.66. The topological polar surface area (TPSA) is 72.2 Å². The number of nitrogens with one attached hydrogen (secondary N) is 1. The van der Waals surface area contributed by atoms with Crippen LogP contribution in [-0.2, 0) is 29.4 Å². The molecule has 5 nitrogen and oxygen atoms in total. The van der Waals surface area contributed by atoms with Gasteiger partial charge in [-0.15, -0.1) is 0 Å². The summed E-state index contributed by atoms with van der Waals surface area (Å²) in [5, 5.41) is 0. The van der Waals surface area contributed by atoms with Crippen LogP contribution in [0.25, 0.3) is 11.1 Å². The zero-order valence-corrected chi connectivity index (χ0v) is 13.3. The number of fused-ring (bicyclic) bond motifs is 2. The fraction of sp³-hybridized carbons (Fsp3) is 0.235. The normalized spacial score (nSPS) is 14.3. The number of aryl methyl sites for hydroxylation is 2. The van der Waals surface area contributed by atoms with Crippen molar-refractivity contribution in [3.8, 4) is 0 Å². The number of aromatic nitrogens is 1. The van der Waals surface area contributed by atoms with Gasteiger partial charge in [-0.25, -0.2) is 18.1 Å². The van der Waals surface area contributed by atoms with Gasteiger partial charge < -0.3 is 4.42 Å². The molecular formula is C17H16N2O3S. The standard InChI is InChI=1S/C17H16N2O3S/c20-23(21,15-6-5-13-2-1-3-14(13)9-15)19-10-12-4-7-16-17(8-12)22-11-18-16/h4-9,11,19H,1-3,10H2. The molecule has 1 heterocycles. The van der Waals surface area contributed by atoms with E-state index in [1.54, 1.807) is 18.2 Å². The summed E-state index contributed by atoms with van der Waals surface area (Å²) in [5.74, 6) is 0. The van der Waals surface area contributed by atoms with Crippen molar-refractivity contribution in [3.63, 3.8) is 0 Å². The lowest BCUT2D eigenvalue weighted by molar-refractivity contribution is 0.580. The largest absolute Gasteiger partial charge is 0.443 e. The van der Waals surface area contributed by atoms with Gasteiger partial charge in [0.1, 0.15) is 5.52 Å². The van der Waals surface area contributed by atoms with Crippen LogP contribution in [0.5, 0.6) is 0 Å². The van der Waals surface area contributed by atoms with E-state index in [2.05, 4.69) is 9.71 Å². The maximum atomic E-state index is 12.5. The number of rotatable bonds is 4. The molecule has 0 atom stereocenters. The monoisotopic (exact) mass is 328 g/mol. The first kappa shape index (κ1) is 14.4. The molecule has 0 bridgehead atoms. The van der Waals surface area contributed by atoms with Gasteiger partial charge in [0.05, 0.1) is 4.90 Å². The lowest BCUT2D eigenvalue weighted by Crippen LogP contribution is -2.23. The number of benzene rings is 2. The number of hydrogen-bond acceptors (Lipinski definition) is 4. The van der Waals surface area contributed by atoms with Crippen molar-refractivity contribution >= 4 is 21.1 Å². The van der Waals surface area contributed by atoms with Crippen LogP contribution in [0.3, 0.4) is 0 Å². The zero-order chi connectivity index (χ0) is 15.9. The van der Waals surface area contributed by atoms with Crippen LogP contribution < -0.4 is 4.72 Å². The molecule has 0 saturated carbocycles. The number of sulfonamides is 1. The van der Waals surface area contributed by atoms with Gasteiger partial charge in [-0.05, 0) is 60.2 Å². The molecule has 23 heavy (non-hydrogen) atoms. The second-order valence-corrected chi connectivity index (χ2v) is 7.53. The summed E-state index contributed by atoms with van der Waals surface area (Å²) < 4.78 is 32.8. The molecule has 118 valence electrons. The Balaban J connectivity index is 1.55. The Morgan fingerprint density at radius 2 is 1.96 bits per heavy atom. The van der Waals surface area contributed by atoms with Gasteiger partial charge in [-0.2, -0.15) is 0 Å². The molecule has 1 aliphatic rings. The molecule has 3 aromatic rings. The third kappa shape index (κ3) is 2.75. The fourth-order valence-corrected chi connectivity index (χ4v) is 4.05. The van der Waals surface area contributed by atoms with Gasteiger partial charge in [-0.1, -0.05) is 12.1 Å². The van der Waals surface area contributed by atoms with Crippen LogP contribution >= 0.6 is 0 Å². The number of oxazole rings is 1. The summed E-state index contributed by atoms with van der Waals surface area (Å²) in [4.78, 5) is 4.38. The van der Waals surface area contributed by atoms with E-state index in [4.69, 9.17) is 4.42 Å². The molecule has 0 spiro atoms. The van der Waals surface area contributed by atoms with E-state index in [-0.39, 0.29) is 6.54 Å². The zero-order valence-electron chi connectivity index (χ0n) is 12.5. The Kier molecular flexibility index (Phi) is 3.43. The lowest BCUT2D eigenvalue weighted by atomic mass is 10.1. The van der Waals surface area contributed by atoms with Gasteiger partial charge in [0.15, 0.2) is 12.0 Å². The molecule has 6 heteroatoms. The average Bonchev–Trinajstić information content (AvgIpc) is 3.20. The first-order chi connectivity index (χ1) is 11.1. The Labute approximate surface area is 134 Å². The van der Waals surface area contributed by atoms with E-state index in [1.807, 2.05) is 18.2 Å². The molecule has 0 saturated heterocycles. The van der Waals surface area contributed by atoms with E-state index in [9.17, 15) is 8.42 Å². The Bertz CT molecular complexity index is 976. The van der Waals surface area contributed by atoms with Crippen LogP contribution in [0.1, 0.15) is 23.1 Å². The molecule has 0 aliphatic heterocycles. The SMILES string of the molecule is O=S(=O)(NCc1ccc2ncoc2c1)c1ccc2c(c1)CCC2. The average molecular weight is 328 g/mol. The predicted octanol–water partition coefficient (Wildman–Crippen LogP) is 2.80. The van der Waals surface area contributed by atoms with E-state index in [0.29, 0.717) is 10.5 Å². The van der Waals surface area contributed by atoms with Gasteiger partial charge >= 0.3 is 0 Å². The van der Waals surface area contributed by atoms with Crippen molar-refractivity contribution in [2.75, 3.05) is 0 Å². The van der Waals surface area contributed by atoms with Crippen molar-refractivity contribution in [1.29, 1.82) is 0 Å². The van der Waals surface area contributed by atoms with Gasteiger partial charge in [0.2, 0.25) is 10.0 Å². The molecule has 1 N–H and O–H groups in total. The smallest absolute Gasteiger partial charge is 0.240 e. The molecule has 0 fully saturated rings. The molecular weight excluding hydrogens is 312 g/mol. The van der Waals surface area contributed by atoms with E-state index in [0.717, 1.165) is 35.9 Å². The van der Waals surface area contributed by atoms with Crippen LogP contribution in [0.4, 0.5) is 0 Å². The summed E-state index contributed by atoms with van der Waals surface area (Å²) in [6, 6.07) is 10.9. The first-order valence-corrected chi connectivity index (χ1v) is 9.04. The third-order valence-corrected chi connectivity index (χ3v) is 5.64. The van der Waals surface area contributed by atoms with Crippen LogP contribution in [0.15, 0.2) is 52.1 Å². The lowest BCUT2D eigenvalue weighted by Gasteiger charge is -2.08. The summed E-state index contributed by atoms with van der Waals surface area (Å²) in [6.07, 6.45) is 4.48. The Morgan fingerprint density at radius 3 is 2.87 bits per heavy atom. The highest BCUT2D eigenvalue weighted by atomic mass is 32.2. The van der Waals surface area contributed by atoms with E-state index >= 15 is 0 Å². The molecule has 1 aliphatic carbocycles. The highest BCUT2D eigenvalue weighted by Gasteiger charge is 2.18. The minimum absolute atomic E-state index is 0.218. The van der Waals surface area contributed by atoms with Crippen LogP contribution in [0, 0.1) is 0 Å². The third-order valence-electron chi connectivity index (χ3n) is 4.24. The second kappa shape index (κ2) is 5.47. The summed E-state index contributed by atoms with van der Waals surface area (Å²) in [6.45, 7) is 0.218. The minimum Gasteiger partial charge on any atom is -0.443 e. The van der Waals surface area contributed by atoms with Crippen molar-refractivity contribution in [2.45, 2.75) is 30.7 Å². The molecule has 0 unspecified atom stereocenters. The molecule has 0 amide bonds. The highest BCUT2D eigenvalue weighted by molar-refractivity contribution is 7.89. The predicted molar refractivity (Wildman–Crippen MR) is 86.5 cm³/mol. The van der Waals surface area contributed by atoms with Gasteiger partial charge in [0.25, 0.3) is 0 Å². The Morgan fingerprint density at radius 1 is 1.09 bits per heavy atom. The molecule has 0 radical (unpaired) electrons. The first-order valence-electron chi connectivity index (χ1n) is 7.55. The van der Waals surface area contributed by atoms with E-state index in [1.165, 1.54) is 12.0 Å².